The van der Waals surface area contributed by atoms with Crippen molar-refractivity contribution in [2.75, 3.05) is 32.1 Å². The van der Waals surface area contributed by atoms with Gasteiger partial charge in [-0.15, -0.1) is 0 Å². The first-order valence-electron chi connectivity index (χ1n) is 13.7. The van der Waals surface area contributed by atoms with Gasteiger partial charge in [-0.05, 0) is 38.8 Å². The highest BCUT2D eigenvalue weighted by Crippen LogP contribution is 2.45. The molecule has 10 heteroatoms. The van der Waals surface area contributed by atoms with Gasteiger partial charge in [-0.2, -0.15) is 5.10 Å². The molecular formula is C29H34N8O2. The van der Waals surface area contributed by atoms with Crippen molar-refractivity contribution < 1.29 is 9.26 Å². The fraction of sp³-hybridized carbons (Fsp3) is 0.448. The topological polar surface area (TPSA) is 99.1 Å². The van der Waals surface area contributed by atoms with E-state index in [1.54, 1.807) is 7.11 Å². The second-order valence-corrected chi connectivity index (χ2v) is 10.9. The number of anilines is 2. The van der Waals surface area contributed by atoms with Crippen LogP contribution in [0.25, 0.3) is 33.1 Å². The molecule has 1 saturated heterocycles. The van der Waals surface area contributed by atoms with Crippen LogP contribution in [-0.2, 0) is 13.5 Å². The van der Waals surface area contributed by atoms with E-state index >= 15 is 0 Å². The first-order chi connectivity index (χ1) is 18.9. The molecule has 202 valence electrons. The van der Waals surface area contributed by atoms with Crippen LogP contribution in [0.15, 0.2) is 22.7 Å². The van der Waals surface area contributed by atoms with Gasteiger partial charge in [0.2, 0.25) is 0 Å². The summed E-state index contributed by atoms with van der Waals surface area (Å²) in [6.07, 6.45) is 3.18. The highest BCUT2D eigenvalue weighted by Gasteiger charge is 2.32. The van der Waals surface area contributed by atoms with E-state index in [0.29, 0.717) is 12.0 Å². The van der Waals surface area contributed by atoms with Crippen molar-refractivity contribution in [1.29, 1.82) is 0 Å². The summed E-state index contributed by atoms with van der Waals surface area (Å²) in [4.78, 5) is 12.3. The molecule has 2 aliphatic rings. The van der Waals surface area contributed by atoms with Crippen molar-refractivity contribution in [1.82, 2.24) is 34.8 Å². The van der Waals surface area contributed by atoms with Crippen molar-refractivity contribution in [2.24, 2.45) is 7.05 Å². The van der Waals surface area contributed by atoms with E-state index in [2.05, 4.69) is 63.8 Å². The van der Waals surface area contributed by atoms with E-state index in [1.807, 2.05) is 13.8 Å². The summed E-state index contributed by atoms with van der Waals surface area (Å²) in [6, 6.07) is 6.88. The molecule has 0 unspecified atom stereocenters. The molecule has 1 aliphatic carbocycles. The molecule has 0 amide bonds. The largest absolute Gasteiger partial charge is 0.496 e. The van der Waals surface area contributed by atoms with Crippen LogP contribution in [0.1, 0.15) is 54.7 Å². The molecule has 0 radical (unpaired) electrons. The summed E-state index contributed by atoms with van der Waals surface area (Å²) >= 11 is 0. The van der Waals surface area contributed by atoms with Crippen molar-refractivity contribution in [3.05, 3.63) is 41.2 Å². The minimum atomic E-state index is 0.350. The first kappa shape index (κ1) is 24.1. The zero-order valence-electron chi connectivity index (χ0n) is 23.4. The van der Waals surface area contributed by atoms with Crippen molar-refractivity contribution in [3.8, 4) is 16.9 Å². The number of aryl methyl sites for hydroxylation is 4. The predicted octanol–water partition coefficient (Wildman–Crippen LogP) is 4.95. The number of methoxy groups -OCH3 is 1. The van der Waals surface area contributed by atoms with Gasteiger partial charge in [-0.3, -0.25) is 0 Å². The van der Waals surface area contributed by atoms with E-state index in [9.17, 15) is 0 Å². The Balaban J connectivity index is 1.48. The highest BCUT2D eigenvalue weighted by molar-refractivity contribution is 6.14. The van der Waals surface area contributed by atoms with Crippen LogP contribution in [-0.4, -0.2) is 56.7 Å². The number of nitrogens with zero attached hydrogens (tertiary/aromatic N) is 7. The summed E-state index contributed by atoms with van der Waals surface area (Å²) in [6.45, 7) is 7.86. The van der Waals surface area contributed by atoms with Crippen LogP contribution < -0.4 is 15.0 Å². The molecule has 0 spiro atoms. The van der Waals surface area contributed by atoms with E-state index in [4.69, 9.17) is 24.3 Å². The maximum absolute atomic E-state index is 5.93. The standard InChI is InChI=1S/C29H34N8O2/c1-7-24-31-28-27(19-11-23(38-6)20(10-22(19)35(28)4)26-15(2)34-39-16(26)3)29(32-24)36(5)25-12-21(17-8-9-17)33-37(25)18-13-30-14-18/h10-12,17-18,30H,7-9,13-14H2,1-6H3. The third-order valence-electron chi connectivity index (χ3n) is 8.30. The van der Waals surface area contributed by atoms with Crippen LogP contribution in [0.3, 0.4) is 0 Å². The Morgan fingerprint density at radius 1 is 1.15 bits per heavy atom. The normalized spacial score (nSPS) is 15.8. The molecule has 7 rings (SSSR count). The SMILES string of the molecule is CCc1nc(N(C)c2cc(C3CC3)nn2C2CNC2)c2c3cc(OC)c(-c4c(C)noc4C)cc3n(C)c2n1. The average Bonchev–Trinajstić information content (AvgIpc) is 3.52. The number of fused-ring (bicyclic) bond motifs is 3. The number of aromatic nitrogens is 6. The van der Waals surface area contributed by atoms with Crippen LogP contribution >= 0.6 is 0 Å². The number of hydrogen-bond donors (Lipinski definition) is 1. The monoisotopic (exact) mass is 526 g/mol. The smallest absolute Gasteiger partial charge is 0.147 e. The predicted molar refractivity (Wildman–Crippen MR) is 151 cm³/mol. The summed E-state index contributed by atoms with van der Waals surface area (Å²) in [5.74, 6) is 4.87. The van der Waals surface area contributed by atoms with Crippen LogP contribution in [0.4, 0.5) is 11.6 Å². The minimum Gasteiger partial charge on any atom is -0.496 e. The highest BCUT2D eigenvalue weighted by atomic mass is 16.5. The lowest BCUT2D eigenvalue weighted by Gasteiger charge is -2.31. The van der Waals surface area contributed by atoms with Gasteiger partial charge in [0, 0.05) is 56.5 Å². The van der Waals surface area contributed by atoms with Crippen molar-refractivity contribution >= 4 is 33.6 Å². The number of rotatable bonds is 7. The van der Waals surface area contributed by atoms with Crippen LogP contribution in [0.2, 0.25) is 0 Å². The zero-order valence-corrected chi connectivity index (χ0v) is 23.4. The Bertz CT molecular complexity index is 1720. The molecule has 1 saturated carbocycles. The summed E-state index contributed by atoms with van der Waals surface area (Å²) in [5, 5.41) is 14.7. The van der Waals surface area contributed by atoms with E-state index < -0.39 is 0 Å². The molecule has 5 heterocycles. The Morgan fingerprint density at radius 2 is 1.95 bits per heavy atom. The quantitative estimate of drug-likeness (QED) is 0.318. The number of nitrogens with one attached hydrogen (secondary N) is 1. The van der Waals surface area contributed by atoms with E-state index in [1.165, 1.54) is 18.5 Å². The second kappa shape index (κ2) is 8.81. The third kappa shape index (κ3) is 3.65. The number of ether oxygens (including phenoxy) is 1. The zero-order chi connectivity index (χ0) is 27.0. The Labute approximate surface area is 226 Å². The number of benzene rings is 1. The average molecular weight is 527 g/mol. The van der Waals surface area contributed by atoms with E-state index in [-0.39, 0.29) is 0 Å². The lowest BCUT2D eigenvalue weighted by Crippen LogP contribution is -2.44. The van der Waals surface area contributed by atoms with Gasteiger partial charge >= 0.3 is 0 Å². The Kier molecular flexibility index (Phi) is 5.45. The molecule has 10 nitrogen and oxygen atoms in total. The minimum absolute atomic E-state index is 0.350. The molecule has 5 aromatic rings. The van der Waals surface area contributed by atoms with Gasteiger partial charge in [-0.1, -0.05) is 12.1 Å². The molecule has 1 N–H and O–H groups in total. The Morgan fingerprint density at radius 3 is 2.56 bits per heavy atom. The summed E-state index contributed by atoms with van der Waals surface area (Å²) < 4.78 is 15.8. The van der Waals surface area contributed by atoms with Crippen molar-refractivity contribution in [3.63, 3.8) is 0 Å². The second-order valence-electron chi connectivity index (χ2n) is 10.9. The molecule has 0 atom stereocenters. The molecule has 0 bridgehead atoms. The molecule has 1 aliphatic heterocycles. The van der Waals surface area contributed by atoms with Gasteiger partial charge in [0.05, 0.1) is 41.0 Å². The third-order valence-corrected chi connectivity index (χ3v) is 8.30. The molecule has 2 fully saturated rings. The van der Waals surface area contributed by atoms with E-state index in [0.717, 1.165) is 87.2 Å². The van der Waals surface area contributed by atoms with Gasteiger partial charge < -0.3 is 24.0 Å². The van der Waals surface area contributed by atoms with Crippen molar-refractivity contribution in [2.45, 2.75) is 52.0 Å². The van der Waals surface area contributed by atoms with Gasteiger partial charge in [0.1, 0.15) is 34.6 Å². The first-order valence-corrected chi connectivity index (χ1v) is 13.7. The molecular weight excluding hydrogens is 492 g/mol. The molecule has 4 aromatic heterocycles. The van der Waals surface area contributed by atoms with Crippen LogP contribution in [0.5, 0.6) is 5.75 Å². The molecule has 39 heavy (non-hydrogen) atoms. The lowest BCUT2D eigenvalue weighted by atomic mass is 10.0. The maximum atomic E-state index is 5.93. The summed E-state index contributed by atoms with van der Waals surface area (Å²) in [7, 11) is 5.88. The Hall–Kier alpha value is -3.92. The summed E-state index contributed by atoms with van der Waals surface area (Å²) in [5.41, 5.74) is 5.89. The fourth-order valence-electron chi connectivity index (χ4n) is 5.81. The van der Waals surface area contributed by atoms with Gasteiger partial charge in [-0.25, -0.2) is 14.6 Å². The number of hydrogen-bond acceptors (Lipinski definition) is 8. The molecule has 1 aromatic carbocycles. The van der Waals surface area contributed by atoms with Gasteiger partial charge in [0.25, 0.3) is 0 Å². The van der Waals surface area contributed by atoms with Gasteiger partial charge in [0.15, 0.2) is 0 Å². The fourth-order valence-corrected chi connectivity index (χ4v) is 5.81. The lowest BCUT2D eigenvalue weighted by molar-refractivity contribution is 0.319. The maximum Gasteiger partial charge on any atom is 0.147 e. The van der Waals surface area contributed by atoms with Crippen LogP contribution in [0, 0.1) is 13.8 Å².